The van der Waals surface area contributed by atoms with E-state index in [2.05, 4.69) is 4.74 Å². The summed E-state index contributed by atoms with van der Waals surface area (Å²) in [6, 6.07) is 4.58. The Kier molecular flexibility index (Phi) is 6.85. The number of benzene rings is 2. The number of aromatic nitrogens is 1. The summed E-state index contributed by atoms with van der Waals surface area (Å²) in [5.74, 6) is -8.07. The van der Waals surface area contributed by atoms with Crippen molar-refractivity contribution in [2.45, 2.75) is 45.4 Å². The van der Waals surface area contributed by atoms with Crippen LogP contribution < -0.4 is 4.74 Å². The van der Waals surface area contributed by atoms with E-state index in [9.17, 15) is 37.4 Å². The summed E-state index contributed by atoms with van der Waals surface area (Å²) in [7, 11) is 0. The Morgan fingerprint density at radius 1 is 1.15 bits per heavy atom. The first-order valence-corrected chi connectivity index (χ1v) is 10.2. The number of ether oxygens (including phenoxy) is 1. The number of hydrogen-bond donors (Lipinski definition) is 2. The molecule has 0 fully saturated rings. The van der Waals surface area contributed by atoms with Crippen molar-refractivity contribution in [2.24, 2.45) is 0 Å². The van der Waals surface area contributed by atoms with Gasteiger partial charge >= 0.3 is 12.3 Å². The molecule has 34 heavy (non-hydrogen) atoms. The number of carboxylic acids is 1. The zero-order valence-corrected chi connectivity index (χ0v) is 18.0. The van der Waals surface area contributed by atoms with Crippen LogP contribution in [0.15, 0.2) is 30.3 Å². The van der Waals surface area contributed by atoms with Crippen LogP contribution in [0.25, 0.3) is 10.9 Å². The Hall–Kier alpha value is -3.63. The molecule has 11 heteroatoms. The maximum atomic E-state index is 15.0. The maximum absolute atomic E-state index is 15.0. The fraction of sp³-hybridized carbons (Fsp3) is 0.304. The van der Waals surface area contributed by atoms with Crippen LogP contribution in [0.1, 0.15) is 53.7 Å². The molecule has 0 aliphatic rings. The molecule has 3 rings (SSSR count). The Morgan fingerprint density at radius 2 is 1.76 bits per heavy atom. The number of hydrogen-bond acceptors (Lipinski definition) is 4. The van der Waals surface area contributed by atoms with Crippen LogP contribution in [0, 0.1) is 18.6 Å². The average Bonchev–Trinajstić information content (AvgIpc) is 3.03. The standard InChI is InChI=1S/C23H20F5NO5/c1-3-4-5-14(22(32)33)17-11(2)29(16-10-15(24)20(30)19(25)18(16)17)21(31)12-6-8-13(9-7-12)34-23(26,27)28/h6-10,14,30H,3-5H2,1-2H3,(H,32,33). The van der Waals surface area contributed by atoms with Crippen molar-refractivity contribution in [3.8, 4) is 11.5 Å². The third-order valence-electron chi connectivity index (χ3n) is 5.44. The highest BCUT2D eigenvalue weighted by Crippen LogP contribution is 2.40. The minimum Gasteiger partial charge on any atom is -0.503 e. The van der Waals surface area contributed by atoms with Gasteiger partial charge in [-0.25, -0.2) is 8.78 Å². The zero-order valence-electron chi connectivity index (χ0n) is 18.0. The van der Waals surface area contributed by atoms with Gasteiger partial charge in [-0.05, 0) is 43.2 Å². The summed E-state index contributed by atoms with van der Waals surface area (Å²) in [6.07, 6.45) is -3.74. The van der Waals surface area contributed by atoms with Gasteiger partial charge in [-0.2, -0.15) is 0 Å². The fourth-order valence-electron chi connectivity index (χ4n) is 3.93. The smallest absolute Gasteiger partial charge is 0.503 e. The van der Waals surface area contributed by atoms with Gasteiger partial charge in [-0.1, -0.05) is 19.8 Å². The van der Waals surface area contributed by atoms with Crippen molar-refractivity contribution in [1.29, 1.82) is 0 Å². The van der Waals surface area contributed by atoms with Crippen molar-refractivity contribution in [3.05, 3.63) is 58.8 Å². The SMILES string of the molecule is CCCCC(C(=O)O)c1c(C)n(C(=O)c2ccc(OC(F)(F)F)cc2)c2cc(F)c(O)c(F)c12. The summed E-state index contributed by atoms with van der Waals surface area (Å²) in [5, 5.41) is 19.2. The Morgan fingerprint density at radius 3 is 2.29 bits per heavy atom. The second kappa shape index (κ2) is 9.32. The molecule has 1 unspecified atom stereocenters. The molecule has 0 saturated carbocycles. The quantitative estimate of drug-likeness (QED) is 0.408. The number of phenols is 1. The van der Waals surface area contributed by atoms with E-state index in [4.69, 9.17) is 0 Å². The fourth-order valence-corrected chi connectivity index (χ4v) is 3.93. The minimum absolute atomic E-state index is 0.00280. The van der Waals surface area contributed by atoms with Gasteiger partial charge in [0, 0.05) is 22.7 Å². The average molecular weight is 485 g/mol. The molecule has 0 saturated heterocycles. The number of carbonyl (C=O) groups is 2. The lowest BCUT2D eigenvalue weighted by molar-refractivity contribution is -0.274. The topological polar surface area (TPSA) is 88.8 Å². The number of rotatable bonds is 7. The number of alkyl halides is 3. The van der Waals surface area contributed by atoms with Crippen LogP contribution in [0.5, 0.6) is 11.5 Å². The first-order chi connectivity index (χ1) is 15.9. The van der Waals surface area contributed by atoms with Crippen LogP contribution in [0.3, 0.4) is 0 Å². The van der Waals surface area contributed by atoms with Gasteiger partial charge in [-0.15, -0.1) is 13.2 Å². The Balaban J connectivity index is 2.22. The highest BCUT2D eigenvalue weighted by Gasteiger charge is 2.33. The van der Waals surface area contributed by atoms with Gasteiger partial charge in [0.2, 0.25) is 0 Å². The lowest BCUT2D eigenvalue weighted by atomic mass is 9.91. The molecule has 0 aliphatic heterocycles. The molecule has 2 N–H and O–H groups in total. The van der Waals surface area contributed by atoms with Crippen LogP contribution in [-0.2, 0) is 4.79 Å². The number of carbonyl (C=O) groups excluding carboxylic acids is 1. The van der Waals surface area contributed by atoms with Gasteiger partial charge in [0.15, 0.2) is 17.4 Å². The first-order valence-electron chi connectivity index (χ1n) is 10.2. The predicted octanol–water partition coefficient (Wildman–Crippen LogP) is 5.88. The van der Waals surface area contributed by atoms with Crippen LogP contribution in [0.4, 0.5) is 22.0 Å². The lowest BCUT2D eigenvalue weighted by Crippen LogP contribution is -2.18. The largest absolute Gasteiger partial charge is 0.573 e. The molecule has 2 aromatic carbocycles. The Bertz CT molecular complexity index is 1250. The van der Waals surface area contributed by atoms with E-state index in [1.807, 2.05) is 6.92 Å². The third-order valence-corrected chi connectivity index (χ3v) is 5.44. The first kappa shape index (κ1) is 25.0. The highest BCUT2D eigenvalue weighted by atomic mass is 19.4. The molecule has 182 valence electrons. The van der Waals surface area contributed by atoms with Crippen molar-refractivity contribution in [2.75, 3.05) is 0 Å². The predicted molar refractivity (Wildman–Crippen MR) is 111 cm³/mol. The summed E-state index contributed by atoms with van der Waals surface area (Å²) >= 11 is 0. The van der Waals surface area contributed by atoms with E-state index < -0.39 is 52.7 Å². The zero-order chi connectivity index (χ0) is 25.4. The molecule has 6 nitrogen and oxygen atoms in total. The molecule has 1 atom stereocenters. The normalized spacial score (nSPS) is 12.7. The molecule has 0 radical (unpaired) electrons. The van der Waals surface area contributed by atoms with Gasteiger partial charge in [0.1, 0.15) is 5.75 Å². The van der Waals surface area contributed by atoms with Crippen LogP contribution in [0.2, 0.25) is 0 Å². The highest BCUT2D eigenvalue weighted by molar-refractivity contribution is 6.05. The number of nitrogens with zero attached hydrogens (tertiary/aromatic N) is 1. The molecule has 1 aromatic heterocycles. The molecule has 0 spiro atoms. The van der Waals surface area contributed by atoms with Crippen LogP contribution >= 0.6 is 0 Å². The number of carboxylic acid groups (broad SMARTS) is 1. The molecule has 0 aliphatic carbocycles. The number of aliphatic carboxylic acids is 1. The van der Waals surface area contributed by atoms with Crippen molar-refractivity contribution < 1.29 is 46.5 Å². The molecule has 0 amide bonds. The summed E-state index contributed by atoms with van der Waals surface area (Å²) < 4.78 is 71.1. The molecular formula is C23H20F5NO5. The van der Waals surface area contributed by atoms with E-state index in [1.54, 1.807) is 0 Å². The second-order valence-corrected chi connectivity index (χ2v) is 7.66. The molecular weight excluding hydrogens is 465 g/mol. The lowest BCUT2D eigenvalue weighted by Gasteiger charge is -2.14. The van der Waals surface area contributed by atoms with Gasteiger partial charge in [0.25, 0.3) is 5.91 Å². The number of halogens is 5. The Labute approximate surface area is 190 Å². The second-order valence-electron chi connectivity index (χ2n) is 7.66. The number of fused-ring (bicyclic) bond motifs is 1. The van der Waals surface area contributed by atoms with Crippen molar-refractivity contribution in [1.82, 2.24) is 4.57 Å². The van der Waals surface area contributed by atoms with E-state index in [0.717, 1.165) is 28.8 Å². The van der Waals surface area contributed by atoms with E-state index in [-0.39, 0.29) is 28.8 Å². The van der Waals surface area contributed by atoms with E-state index in [1.165, 1.54) is 6.92 Å². The summed E-state index contributed by atoms with van der Waals surface area (Å²) in [4.78, 5) is 25.3. The number of unbranched alkanes of at least 4 members (excludes halogenated alkanes) is 1. The molecule has 1 heterocycles. The molecule has 0 bridgehead atoms. The van der Waals surface area contributed by atoms with E-state index in [0.29, 0.717) is 18.9 Å². The van der Waals surface area contributed by atoms with E-state index >= 15 is 4.39 Å². The van der Waals surface area contributed by atoms with Gasteiger partial charge in [0.05, 0.1) is 11.4 Å². The summed E-state index contributed by atoms with van der Waals surface area (Å²) in [5.41, 5.74) is -0.545. The third kappa shape index (κ3) is 4.68. The maximum Gasteiger partial charge on any atom is 0.573 e. The number of aromatic hydroxyl groups is 1. The van der Waals surface area contributed by atoms with Gasteiger partial charge < -0.3 is 14.9 Å². The summed E-state index contributed by atoms with van der Waals surface area (Å²) in [6.45, 7) is 3.18. The monoisotopic (exact) mass is 485 g/mol. The molecule has 3 aromatic rings. The van der Waals surface area contributed by atoms with Crippen LogP contribution in [-0.4, -0.2) is 33.0 Å². The van der Waals surface area contributed by atoms with Gasteiger partial charge in [-0.3, -0.25) is 14.2 Å². The number of phenolic OH excluding ortho intramolecular Hbond substituents is 1. The van der Waals surface area contributed by atoms with Crippen molar-refractivity contribution >= 4 is 22.8 Å². The minimum atomic E-state index is -4.94. The van der Waals surface area contributed by atoms with Crippen molar-refractivity contribution in [3.63, 3.8) is 0 Å².